The molecule has 0 fully saturated rings. The van der Waals surface area contributed by atoms with Gasteiger partial charge in [-0.1, -0.05) is 19.0 Å². The molecule has 0 spiro atoms. The van der Waals surface area contributed by atoms with E-state index in [0.29, 0.717) is 17.3 Å². The summed E-state index contributed by atoms with van der Waals surface area (Å²) in [6.07, 6.45) is 0. The summed E-state index contributed by atoms with van der Waals surface area (Å²) in [6.45, 7) is 1.06. The van der Waals surface area contributed by atoms with Crippen LogP contribution in [0.3, 0.4) is 0 Å². The molecular formula is C13H15F2N3O2. The van der Waals surface area contributed by atoms with Gasteiger partial charge in [0.15, 0.2) is 5.82 Å². The third-order valence-corrected chi connectivity index (χ3v) is 2.78. The number of rotatable bonds is 5. The Labute approximate surface area is 114 Å². The van der Waals surface area contributed by atoms with Gasteiger partial charge in [-0.3, -0.25) is 0 Å². The third-order valence-electron chi connectivity index (χ3n) is 2.78. The Morgan fingerprint density at radius 1 is 1.20 bits per heavy atom. The molecule has 2 N–H and O–H groups in total. The van der Waals surface area contributed by atoms with Gasteiger partial charge in [-0.05, 0) is 30.2 Å². The van der Waals surface area contributed by atoms with Crippen molar-refractivity contribution in [3.8, 4) is 17.2 Å². The van der Waals surface area contributed by atoms with Gasteiger partial charge in [-0.25, -0.2) is 0 Å². The highest BCUT2D eigenvalue weighted by molar-refractivity contribution is 5.54. The molecule has 1 heterocycles. The molecule has 0 saturated heterocycles. The summed E-state index contributed by atoms with van der Waals surface area (Å²) in [5.41, 5.74) is 6.53. The van der Waals surface area contributed by atoms with Crippen LogP contribution in [0.15, 0.2) is 28.8 Å². The van der Waals surface area contributed by atoms with E-state index < -0.39 is 6.61 Å². The topological polar surface area (TPSA) is 74.2 Å². The van der Waals surface area contributed by atoms with E-state index in [0.717, 1.165) is 0 Å². The van der Waals surface area contributed by atoms with E-state index >= 15 is 0 Å². The van der Waals surface area contributed by atoms with Crippen LogP contribution in [0.5, 0.6) is 5.75 Å². The summed E-state index contributed by atoms with van der Waals surface area (Å²) >= 11 is 0. The molecular weight excluding hydrogens is 268 g/mol. The second-order valence-electron chi connectivity index (χ2n) is 4.63. The molecule has 0 bridgehead atoms. The number of halogens is 2. The predicted octanol–water partition coefficient (Wildman–Crippen LogP) is 2.99. The Hall–Kier alpha value is -2.02. The van der Waals surface area contributed by atoms with Gasteiger partial charge < -0.3 is 15.0 Å². The summed E-state index contributed by atoms with van der Waals surface area (Å²) in [6, 6.07) is 5.64. The van der Waals surface area contributed by atoms with Crippen LogP contribution in [0.2, 0.25) is 0 Å². The second kappa shape index (κ2) is 5.96. The van der Waals surface area contributed by atoms with E-state index in [2.05, 4.69) is 14.9 Å². The maximum atomic E-state index is 12.0. The number of hydrogen-bond donors (Lipinski definition) is 1. The highest BCUT2D eigenvalue weighted by atomic mass is 19.3. The summed E-state index contributed by atoms with van der Waals surface area (Å²) in [5, 5.41) is 3.82. The fourth-order valence-corrected chi connectivity index (χ4v) is 1.56. The largest absolute Gasteiger partial charge is 0.435 e. The molecule has 108 valence electrons. The molecule has 1 aromatic carbocycles. The summed E-state index contributed by atoms with van der Waals surface area (Å²) in [5.74, 6) is 0.965. The van der Waals surface area contributed by atoms with E-state index in [4.69, 9.17) is 10.3 Å². The average molecular weight is 283 g/mol. The monoisotopic (exact) mass is 283 g/mol. The quantitative estimate of drug-likeness (QED) is 0.913. The normalized spacial score (nSPS) is 12.9. The van der Waals surface area contributed by atoms with Crippen molar-refractivity contribution in [3.05, 3.63) is 30.1 Å². The van der Waals surface area contributed by atoms with Crippen molar-refractivity contribution >= 4 is 0 Å². The van der Waals surface area contributed by atoms with E-state index in [-0.39, 0.29) is 17.7 Å². The van der Waals surface area contributed by atoms with Crippen molar-refractivity contribution in [2.45, 2.75) is 26.5 Å². The molecule has 5 nitrogen and oxygen atoms in total. The zero-order chi connectivity index (χ0) is 14.7. The van der Waals surface area contributed by atoms with Crippen LogP contribution >= 0.6 is 0 Å². The van der Waals surface area contributed by atoms with E-state index in [1.165, 1.54) is 12.1 Å². The number of nitrogens with two attached hydrogens (primary N) is 1. The Kier molecular flexibility index (Phi) is 4.29. The lowest BCUT2D eigenvalue weighted by molar-refractivity contribution is -0.0498. The van der Waals surface area contributed by atoms with Crippen molar-refractivity contribution in [1.82, 2.24) is 10.1 Å². The lowest BCUT2D eigenvalue weighted by atomic mass is 10.1. The van der Waals surface area contributed by atoms with Crippen LogP contribution in [0, 0.1) is 5.92 Å². The van der Waals surface area contributed by atoms with Crippen molar-refractivity contribution in [1.29, 1.82) is 0 Å². The number of benzene rings is 1. The lowest BCUT2D eigenvalue weighted by Crippen LogP contribution is -2.18. The number of alkyl halides is 2. The molecule has 2 aromatic rings. The highest BCUT2D eigenvalue weighted by Crippen LogP contribution is 2.24. The molecule has 7 heteroatoms. The minimum atomic E-state index is -2.85. The van der Waals surface area contributed by atoms with E-state index in [1.54, 1.807) is 12.1 Å². The minimum absolute atomic E-state index is 0.0716. The van der Waals surface area contributed by atoms with Gasteiger partial charge in [0.1, 0.15) is 5.75 Å². The SMILES string of the molecule is CC(C)C(N)c1noc(-c2ccc(OC(F)F)cc2)n1. The summed E-state index contributed by atoms with van der Waals surface area (Å²) in [7, 11) is 0. The molecule has 0 amide bonds. The van der Waals surface area contributed by atoms with E-state index in [1.807, 2.05) is 13.8 Å². The molecule has 2 rings (SSSR count). The fourth-order valence-electron chi connectivity index (χ4n) is 1.56. The van der Waals surface area contributed by atoms with Crippen LogP contribution < -0.4 is 10.5 Å². The zero-order valence-electron chi connectivity index (χ0n) is 11.1. The van der Waals surface area contributed by atoms with Crippen molar-refractivity contribution < 1.29 is 18.0 Å². The lowest BCUT2D eigenvalue weighted by Gasteiger charge is -2.09. The molecule has 20 heavy (non-hydrogen) atoms. The van der Waals surface area contributed by atoms with Gasteiger partial charge in [-0.2, -0.15) is 13.8 Å². The van der Waals surface area contributed by atoms with Crippen LogP contribution in [0.25, 0.3) is 11.5 Å². The molecule has 1 unspecified atom stereocenters. The van der Waals surface area contributed by atoms with Crippen molar-refractivity contribution in [3.63, 3.8) is 0 Å². The number of nitrogens with zero attached hydrogens (tertiary/aromatic N) is 2. The van der Waals surface area contributed by atoms with Gasteiger partial charge >= 0.3 is 6.61 Å². The molecule has 1 aromatic heterocycles. The number of ether oxygens (including phenoxy) is 1. The maximum Gasteiger partial charge on any atom is 0.387 e. The van der Waals surface area contributed by atoms with Gasteiger partial charge in [0.2, 0.25) is 0 Å². The maximum absolute atomic E-state index is 12.0. The fraction of sp³-hybridized carbons (Fsp3) is 0.385. The Morgan fingerprint density at radius 2 is 1.85 bits per heavy atom. The second-order valence-corrected chi connectivity index (χ2v) is 4.63. The molecule has 1 atom stereocenters. The molecule has 0 radical (unpaired) electrons. The standard InChI is InChI=1S/C13H15F2N3O2/c1-7(2)10(16)11-17-12(20-18-11)8-3-5-9(6-4-8)19-13(14)15/h3-7,10,13H,16H2,1-2H3. The predicted molar refractivity (Wildman–Crippen MR) is 68.1 cm³/mol. The number of aromatic nitrogens is 2. The molecule has 0 saturated carbocycles. The Morgan fingerprint density at radius 3 is 2.40 bits per heavy atom. The first kappa shape index (κ1) is 14.4. The first-order valence-corrected chi connectivity index (χ1v) is 6.12. The van der Waals surface area contributed by atoms with Crippen molar-refractivity contribution in [2.24, 2.45) is 11.7 Å². The molecule has 0 aliphatic heterocycles. The zero-order valence-corrected chi connectivity index (χ0v) is 11.1. The third kappa shape index (κ3) is 3.30. The summed E-state index contributed by atoms with van der Waals surface area (Å²) < 4.78 is 33.4. The van der Waals surface area contributed by atoms with Gasteiger partial charge in [0, 0.05) is 5.56 Å². The van der Waals surface area contributed by atoms with Crippen molar-refractivity contribution in [2.75, 3.05) is 0 Å². The van der Waals surface area contributed by atoms with Crippen LogP contribution in [-0.4, -0.2) is 16.8 Å². The smallest absolute Gasteiger partial charge is 0.387 e. The van der Waals surface area contributed by atoms with Gasteiger partial charge in [-0.15, -0.1) is 0 Å². The van der Waals surface area contributed by atoms with Crippen LogP contribution in [0.4, 0.5) is 8.78 Å². The molecule has 0 aliphatic carbocycles. The highest BCUT2D eigenvalue weighted by Gasteiger charge is 2.18. The van der Waals surface area contributed by atoms with Gasteiger partial charge in [0.25, 0.3) is 5.89 Å². The van der Waals surface area contributed by atoms with Gasteiger partial charge in [0.05, 0.1) is 6.04 Å². The average Bonchev–Trinajstić information content (AvgIpc) is 2.87. The Bertz CT molecular complexity index is 555. The first-order valence-electron chi connectivity index (χ1n) is 6.12. The van der Waals surface area contributed by atoms with Crippen LogP contribution in [-0.2, 0) is 0 Å². The Balaban J connectivity index is 2.16. The minimum Gasteiger partial charge on any atom is -0.435 e. The first-order chi connectivity index (χ1) is 9.47. The summed E-state index contributed by atoms with van der Waals surface area (Å²) in [4.78, 5) is 4.20. The van der Waals surface area contributed by atoms with Crippen LogP contribution in [0.1, 0.15) is 25.7 Å². The van der Waals surface area contributed by atoms with E-state index in [9.17, 15) is 8.78 Å². The molecule has 0 aliphatic rings. The number of hydrogen-bond acceptors (Lipinski definition) is 5.